The zero-order chi connectivity index (χ0) is 20.2. The lowest BCUT2D eigenvalue weighted by Crippen LogP contribution is -2.13. The highest BCUT2D eigenvalue weighted by molar-refractivity contribution is 6.32. The Morgan fingerprint density at radius 2 is 1.79 bits per heavy atom. The molecule has 0 bridgehead atoms. The van der Waals surface area contributed by atoms with Gasteiger partial charge in [-0.15, -0.1) is 0 Å². The zero-order valence-electron chi connectivity index (χ0n) is 15.6. The number of amides is 1. The van der Waals surface area contributed by atoms with Gasteiger partial charge in [0.2, 0.25) is 5.89 Å². The largest absolute Gasteiger partial charge is 0.495 e. The minimum atomic E-state index is -0.290. The predicted molar refractivity (Wildman–Crippen MR) is 113 cm³/mol. The van der Waals surface area contributed by atoms with Crippen LogP contribution in [0.3, 0.4) is 0 Å². The molecule has 6 heteroatoms. The molecule has 0 fully saturated rings. The Morgan fingerprint density at radius 3 is 2.55 bits per heavy atom. The SMILES string of the molecule is COc1ccc(NC(=O)c2ccccc2-c2ncc(-c3ccccc3)o2)cc1Cl. The highest BCUT2D eigenvalue weighted by atomic mass is 35.5. The third-order valence-electron chi connectivity index (χ3n) is 4.38. The van der Waals surface area contributed by atoms with E-state index in [2.05, 4.69) is 10.3 Å². The van der Waals surface area contributed by atoms with E-state index in [1.54, 1.807) is 42.6 Å². The molecule has 0 aliphatic rings. The number of aromatic nitrogens is 1. The number of halogens is 1. The molecule has 1 aromatic heterocycles. The van der Waals surface area contributed by atoms with Crippen LogP contribution in [0.1, 0.15) is 10.4 Å². The number of nitrogens with zero attached hydrogens (tertiary/aromatic N) is 1. The summed E-state index contributed by atoms with van der Waals surface area (Å²) in [6, 6.07) is 21.9. The standard InChI is InChI=1S/C23H17ClN2O3/c1-28-20-12-11-16(13-19(20)24)26-22(27)17-9-5-6-10-18(17)23-25-14-21(29-23)15-7-3-2-4-8-15/h2-14H,1H3,(H,26,27). The van der Waals surface area contributed by atoms with Crippen molar-refractivity contribution in [2.75, 3.05) is 12.4 Å². The molecule has 0 saturated carbocycles. The van der Waals surface area contributed by atoms with Gasteiger partial charge in [-0.05, 0) is 30.3 Å². The number of methoxy groups -OCH3 is 1. The summed E-state index contributed by atoms with van der Waals surface area (Å²) in [6.45, 7) is 0. The first-order valence-electron chi connectivity index (χ1n) is 8.91. The first-order valence-corrected chi connectivity index (χ1v) is 9.29. The minimum absolute atomic E-state index is 0.290. The average molecular weight is 405 g/mol. The second-order valence-electron chi connectivity index (χ2n) is 6.24. The van der Waals surface area contributed by atoms with Gasteiger partial charge < -0.3 is 14.5 Å². The number of carbonyl (C=O) groups excluding carboxylic acids is 1. The van der Waals surface area contributed by atoms with E-state index < -0.39 is 0 Å². The fourth-order valence-electron chi connectivity index (χ4n) is 2.94. The molecule has 3 aromatic carbocycles. The van der Waals surface area contributed by atoms with Gasteiger partial charge in [-0.1, -0.05) is 54.1 Å². The number of ether oxygens (including phenoxy) is 1. The predicted octanol–water partition coefficient (Wildman–Crippen LogP) is 5.92. The van der Waals surface area contributed by atoms with Gasteiger partial charge in [0.15, 0.2) is 5.76 Å². The summed E-state index contributed by atoms with van der Waals surface area (Å²) in [5, 5.41) is 3.27. The molecule has 0 saturated heterocycles. The summed E-state index contributed by atoms with van der Waals surface area (Å²) in [5.41, 5.74) is 2.53. The van der Waals surface area contributed by atoms with Crippen LogP contribution in [0.5, 0.6) is 5.75 Å². The molecule has 0 atom stereocenters. The third kappa shape index (κ3) is 4.00. The Bertz CT molecular complexity index is 1160. The number of nitrogens with one attached hydrogen (secondary N) is 1. The van der Waals surface area contributed by atoms with Crippen molar-refractivity contribution in [3.8, 4) is 28.5 Å². The van der Waals surface area contributed by atoms with Crippen LogP contribution in [0.2, 0.25) is 5.02 Å². The number of anilines is 1. The molecule has 0 spiro atoms. The van der Waals surface area contributed by atoms with Gasteiger partial charge in [0.25, 0.3) is 5.91 Å². The van der Waals surface area contributed by atoms with E-state index in [-0.39, 0.29) is 5.91 Å². The van der Waals surface area contributed by atoms with Gasteiger partial charge in [0.05, 0.1) is 23.9 Å². The monoisotopic (exact) mass is 404 g/mol. The van der Waals surface area contributed by atoms with Crippen molar-refractivity contribution in [1.29, 1.82) is 0 Å². The van der Waals surface area contributed by atoms with E-state index in [4.69, 9.17) is 20.8 Å². The maximum atomic E-state index is 12.9. The fourth-order valence-corrected chi connectivity index (χ4v) is 3.20. The maximum Gasteiger partial charge on any atom is 0.256 e. The Labute approximate surface area is 172 Å². The second-order valence-corrected chi connectivity index (χ2v) is 6.65. The van der Waals surface area contributed by atoms with Crippen molar-refractivity contribution >= 4 is 23.2 Å². The molecule has 1 N–H and O–H groups in total. The fraction of sp³-hybridized carbons (Fsp3) is 0.0435. The second kappa shape index (κ2) is 8.20. The molecule has 1 heterocycles. The van der Waals surface area contributed by atoms with Crippen LogP contribution in [-0.4, -0.2) is 18.0 Å². The molecular weight excluding hydrogens is 388 g/mol. The molecule has 0 aliphatic heterocycles. The first-order chi connectivity index (χ1) is 14.2. The number of oxazole rings is 1. The van der Waals surface area contributed by atoms with Crippen LogP contribution >= 0.6 is 11.6 Å². The summed E-state index contributed by atoms with van der Waals surface area (Å²) in [4.78, 5) is 17.3. The van der Waals surface area contributed by atoms with Crippen molar-refractivity contribution in [3.05, 3.63) is 89.6 Å². The minimum Gasteiger partial charge on any atom is -0.495 e. The average Bonchev–Trinajstić information content (AvgIpc) is 3.25. The molecule has 0 radical (unpaired) electrons. The van der Waals surface area contributed by atoms with Gasteiger partial charge in [-0.2, -0.15) is 0 Å². The van der Waals surface area contributed by atoms with Crippen LogP contribution < -0.4 is 10.1 Å². The third-order valence-corrected chi connectivity index (χ3v) is 4.67. The molecule has 5 nitrogen and oxygen atoms in total. The number of rotatable bonds is 5. The normalized spacial score (nSPS) is 10.6. The van der Waals surface area contributed by atoms with Gasteiger partial charge in [0, 0.05) is 16.8 Å². The Balaban J connectivity index is 1.63. The Kier molecular flexibility index (Phi) is 5.31. The Morgan fingerprint density at radius 1 is 1.03 bits per heavy atom. The molecule has 4 rings (SSSR count). The van der Waals surface area contributed by atoms with Gasteiger partial charge in [-0.3, -0.25) is 4.79 Å². The van der Waals surface area contributed by atoms with Crippen LogP contribution in [-0.2, 0) is 0 Å². The zero-order valence-corrected chi connectivity index (χ0v) is 16.3. The van der Waals surface area contributed by atoms with Gasteiger partial charge >= 0.3 is 0 Å². The number of hydrogen-bond acceptors (Lipinski definition) is 4. The van der Waals surface area contributed by atoms with Crippen molar-refractivity contribution in [1.82, 2.24) is 4.98 Å². The van der Waals surface area contributed by atoms with Crippen molar-refractivity contribution < 1.29 is 13.9 Å². The van der Waals surface area contributed by atoms with Gasteiger partial charge in [-0.25, -0.2) is 4.98 Å². The molecule has 29 heavy (non-hydrogen) atoms. The molecule has 4 aromatic rings. The summed E-state index contributed by atoms with van der Waals surface area (Å²) in [5.74, 6) is 1.26. The number of carbonyl (C=O) groups is 1. The van der Waals surface area contributed by atoms with Crippen molar-refractivity contribution in [2.24, 2.45) is 0 Å². The van der Waals surface area contributed by atoms with E-state index >= 15 is 0 Å². The topological polar surface area (TPSA) is 64.4 Å². The van der Waals surface area contributed by atoms with Crippen molar-refractivity contribution in [3.63, 3.8) is 0 Å². The van der Waals surface area contributed by atoms with Crippen LogP contribution in [0.4, 0.5) is 5.69 Å². The summed E-state index contributed by atoms with van der Waals surface area (Å²) >= 11 is 6.15. The number of hydrogen-bond donors (Lipinski definition) is 1. The van der Waals surface area contributed by atoms with Crippen LogP contribution in [0, 0.1) is 0 Å². The number of benzene rings is 3. The van der Waals surface area contributed by atoms with E-state index in [0.717, 1.165) is 5.56 Å². The highest BCUT2D eigenvalue weighted by Crippen LogP contribution is 2.30. The lowest BCUT2D eigenvalue weighted by molar-refractivity contribution is 0.102. The summed E-state index contributed by atoms with van der Waals surface area (Å²) in [6.07, 6.45) is 1.66. The molecule has 144 valence electrons. The quantitative estimate of drug-likeness (QED) is 0.448. The smallest absolute Gasteiger partial charge is 0.256 e. The summed E-state index contributed by atoms with van der Waals surface area (Å²) < 4.78 is 11.1. The van der Waals surface area contributed by atoms with E-state index in [1.165, 1.54) is 7.11 Å². The molecule has 0 unspecified atom stereocenters. The Hall–Kier alpha value is -3.57. The molecular formula is C23H17ClN2O3. The highest BCUT2D eigenvalue weighted by Gasteiger charge is 2.17. The van der Waals surface area contributed by atoms with Crippen LogP contribution in [0.25, 0.3) is 22.8 Å². The molecule has 1 amide bonds. The van der Waals surface area contributed by atoms with E-state index in [0.29, 0.717) is 39.2 Å². The van der Waals surface area contributed by atoms with Gasteiger partial charge in [0.1, 0.15) is 5.75 Å². The van der Waals surface area contributed by atoms with E-state index in [9.17, 15) is 4.79 Å². The van der Waals surface area contributed by atoms with Crippen LogP contribution in [0.15, 0.2) is 83.4 Å². The first kappa shape index (κ1) is 18.8. The lowest BCUT2D eigenvalue weighted by atomic mass is 10.1. The van der Waals surface area contributed by atoms with E-state index in [1.807, 2.05) is 36.4 Å². The molecule has 0 aliphatic carbocycles. The summed E-state index contributed by atoms with van der Waals surface area (Å²) in [7, 11) is 1.54. The van der Waals surface area contributed by atoms with Crippen molar-refractivity contribution in [2.45, 2.75) is 0 Å². The maximum absolute atomic E-state index is 12.9. The lowest BCUT2D eigenvalue weighted by Gasteiger charge is -2.10.